The van der Waals surface area contributed by atoms with Crippen molar-refractivity contribution in [2.24, 2.45) is 0 Å². The highest BCUT2D eigenvalue weighted by molar-refractivity contribution is 5.41. The minimum atomic E-state index is 0.899. The van der Waals surface area contributed by atoms with E-state index in [0.717, 1.165) is 31.8 Å². The quantitative estimate of drug-likeness (QED) is 0.875. The Bertz CT molecular complexity index is 569. The van der Waals surface area contributed by atoms with Crippen LogP contribution < -0.4 is 5.32 Å². The van der Waals surface area contributed by atoms with Crippen molar-refractivity contribution < 1.29 is 0 Å². The van der Waals surface area contributed by atoms with Crippen molar-refractivity contribution >= 4 is 0 Å². The molecule has 94 valence electrons. The predicted molar refractivity (Wildman–Crippen MR) is 73.1 cm³/mol. The van der Waals surface area contributed by atoms with E-state index in [1.165, 1.54) is 22.6 Å². The Morgan fingerprint density at radius 3 is 3.11 bits per heavy atom. The standard InChI is InChI=1S/C15H19N3/c1-3-12-5-4-6-13(9-12)18-11(2)17-14-10-16-8-7-15(14)18/h4-6,9,16H,3,7-8,10H2,1-2H3. The van der Waals surface area contributed by atoms with E-state index in [1.54, 1.807) is 0 Å². The lowest BCUT2D eigenvalue weighted by Crippen LogP contribution is -2.24. The largest absolute Gasteiger partial charge is 0.311 e. The number of imidazole rings is 1. The van der Waals surface area contributed by atoms with Crippen LogP contribution in [0.25, 0.3) is 5.69 Å². The van der Waals surface area contributed by atoms with Crippen LogP contribution in [0.1, 0.15) is 29.7 Å². The van der Waals surface area contributed by atoms with E-state index in [2.05, 4.69) is 53.0 Å². The number of aryl methyl sites for hydroxylation is 2. The number of hydrogen-bond acceptors (Lipinski definition) is 2. The first-order valence-corrected chi connectivity index (χ1v) is 6.66. The van der Waals surface area contributed by atoms with Gasteiger partial charge in [-0.15, -0.1) is 0 Å². The second kappa shape index (κ2) is 4.58. The predicted octanol–water partition coefficient (Wildman–Crippen LogP) is 2.39. The van der Waals surface area contributed by atoms with Crippen LogP contribution in [0.5, 0.6) is 0 Å². The molecule has 0 amide bonds. The van der Waals surface area contributed by atoms with Crippen molar-refractivity contribution in [3.8, 4) is 5.69 Å². The molecule has 18 heavy (non-hydrogen) atoms. The van der Waals surface area contributed by atoms with Gasteiger partial charge in [-0.2, -0.15) is 0 Å². The molecule has 2 heterocycles. The maximum atomic E-state index is 4.68. The van der Waals surface area contributed by atoms with E-state index in [0.29, 0.717) is 0 Å². The summed E-state index contributed by atoms with van der Waals surface area (Å²) in [6, 6.07) is 8.78. The second-order valence-electron chi connectivity index (χ2n) is 4.84. The highest BCUT2D eigenvalue weighted by Gasteiger charge is 2.18. The number of hydrogen-bond donors (Lipinski definition) is 1. The number of rotatable bonds is 2. The molecule has 0 atom stereocenters. The van der Waals surface area contributed by atoms with Crippen LogP contribution in [-0.2, 0) is 19.4 Å². The summed E-state index contributed by atoms with van der Waals surface area (Å²) < 4.78 is 2.31. The van der Waals surface area contributed by atoms with Crippen LogP contribution in [-0.4, -0.2) is 16.1 Å². The molecular weight excluding hydrogens is 222 g/mol. The van der Waals surface area contributed by atoms with E-state index in [1.807, 2.05) is 0 Å². The molecule has 1 aliphatic heterocycles. The van der Waals surface area contributed by atoms with E-state index in [9.17, 15) is 0 Å². The molecule has 0 unspecified atom stereocenters. The van der Waals surface area contributed by atoms with Crippen molar-refractivity contribution in [3.63, 3.8) is 0 Å². The Hall–Kier alpha value is -1.61. The number of nitrogens with zero attached hydrogens (tertiary/aromatic N) is 2. The number of aromatic nitrogens is 2. The lowest BCUT2D eigenvalue weighted by molar-refractivity contribution is 0.620. The number of nitrogens with one attached hydrogen (secondary N) is 1. The van der Waals surface area contributed by atoms with E-state index < -0.39 is 0 Å². The SMILES string of the molecule is CCc1cccc(-n2c(C)nc3c2CCNC3)c1. The molecule has 0 spiro atoms. The molecule has 3 heteroatoms. The first-order chi connectivity index (χ1) is 8.79. The Labute approximate surface area is 108 Å². The second-order valence-corrected chi connectivity index (χ2v) is 4.84. The number of fused-ring (bicyclic) bond motifs is 1. The van der Waals surface area contributed by atoms with Gasteiger partial charge in [0.15, 0.2) is 0 Å². The lowest BCUT2D eigenvalue weighted by Gasteiger charge is -2.16. The van der Waals surface area contributed by atoms with Crippen molar-refractivity contribution in [1.29, 1.82) is 0 Å². The summed E-state index contributed by atoms with van der Waals surface area (Å²) in [4.78, 5) is 4.68. The zero-order chi connectivity index (χ0) is 12.5. The molecule has 3 rings (SSSR count). The average molecular weight is 241 g/mol. The first-order valence-electron chi connectivity index (χ1n) is 6.66. The Kier molecular flexibility index (Phi) is 2.92. The van der Waals surface area contributed by atoms with Gasteiger partial charge < -0.3 is 9.88 Å². The molecular formula is C15H19N3. The highest BCUT2D eigenvalue weighted by atomic mass is 15.1. The molecule has 2 aromatic rings. The fourth-order valence-electron chi connectivity index (χ4n) is 2.70. The smallest absolute Gasteiger partial charge is 0.110 e. The zero-order valence-corrected chi connectivity index (χ0v) is 11.0. The van der Waals surface area contributed by atoms with Crippen LogP contribution in [0, 0.1) is 6.92 Å². The van der Waals surface area contributed by atoms with Gasteiger partial charge in [0.1, 0.15) is 5.82 Å². The molecule has 3 nitrogen and oxygen atoms in total. The van der Waals surface area contributed by atoms with Gasteiger partial charge in [0.25, 0.3) is 0 Å². The average Bonchev–Trinajstić information content (AvgIpc) is 2.74. The lowest BCUT2D eigenvalue weighted by atomic mass is 10.1. The molecule has 1 N–H and O–H groups in total. The van der Waals surface area contributed by atoms with Gasteiger partial charge in [-0.25, -0.2) is 4.98 Å². The topological polar surface area (TPSA) is 29.9 Å². The fraction of sp³-hybridized carbons (Fsp3) is 0.400. The number of benzene rings is 1. The Morgan fingerprint density at radius 2 is 2.28 bits per heavy atom. The van der Waals surface area contributed by atoms with Gasteiger partial charge in [0.2, 0.25) is 0 Å². The van der Waals surface area contributed by atoms with E-state index >= 15 is 0 Å². The molecule has 0 bridgehead atoms. The Morgan fingerprint density at radius 1 is 1.39 bits per heavy atom. The fourth-order valence-corrected chi connectivity index (χ4v) is 2.70. The van der Waals surface area contributed by atoms with Crippen molar-refractivity contribution in [2.45, 2.75) is 33.2 Å². The minimum absolute atomic E-state index is 0.899. The summed E-state index contributed by atoms with van der Waals surface area (Å²) in [6.45, 7) is 6.23. The van der Waals surface area contributed by atoms with Gasteiger partial charge >= 0.3 is 0 Å². The van der Waals surface area contributed by atoms with Crippen LogP contribution in [0.15, 0.2) is 24.3 Å². The summed E-state index contributed by atoms with van der Waals surface area (Å²) in [7, 11) is 0. The molecule has 1 aliphatic rings. The third kappa shape index (κ3) is 1.85. The first kappa shape index (κ1) is 11.5. The highest BCUT2D eigenvalue weighted by Crippen LogP contribution is 2.21. The van der Waals surface area contributed by atoms with Gasteiger partial charge in [-0.05, 0) is 31.0 Å². The maximum absolute atomic E-state index is 4.68. The van der Waals surface area contributed by atoms with Crippen LogP contribution >= 0.6 is 0 Å². The molecule has 0 saturated heterocycles. The van der Waals surface area contributed by atoms with Crippen LogP contribution in [0.4, 0.5) is 0 Å². The molecule has 0 saturated carbocycles. The van der Waals surface area contributed by atoms with Gasteiger partial charge in [0, 0.05) is 30.9 Å². The van der Waals surface area contributed by atoms with Gasteiger partial charge in [-0.1, -0.05) is 19.1 Å². The summed E-state index contributed by atoms with van der Waals surface area (Å²) in [5.41, 5.74) is 5.21. The maximum Gasteiger partial charge on any atom is 0.110 e. The molecule has 0 radical (unpaired) electrons. The van der Waals surface area contributed by atoms with Crippen molar-refractivity contribution in [2.75, 3.05) is 6.54 Å². The van der Waals surface area contributed by atoms with E-state index in [-0.39, 0.29) is 0 Å². The van der Waals surface area contributed by atoms with Crippen LogP contribution in [0.3, 0.4) is 0 Å². The molecule has 0 fully saturated rings. The summed E-state index contributed by atoms with van der Waals surface area (Å²) in [6.07, 6.45) is 2.14. The summed E-state index contributed by atoms with van der Waals surface area (Å²) in [5.74, 6) is 1.09. The van der Waals surface area contributed by atoms with Gasteiger partial charge in [0.05, 0.1) is 5.69 Å². The van der Waals surface area contributed by atoms with Crippen molar-refractivity contribution in [3.05, 3.63) is 47.0 Å². The summed E-state index contributed by atoms with van der Waals surface area (Å²) >= 11 is 0. The third-order valence-corrected chi connectivity index (χ3v) is 3.63. The van der Waals surface area contributed by atoms with E-state index in [4.69, 9.17) is 0 Å². The summed E-state index contributed by atoms with van der Waals surface area (Å²) in [5, 5.41) is 3.38. The monoisotopic (exact) mass is 241 g/mol. The van der Waals surface area contributed by atoms with Gasteiger partial charge in [-0.3, -0.25) is 0 Å². The molecule has 0 aliphatic carbocycles. The normalized spacial score (nSPS) is 14.6. The zero-order valence-electron chi connectivity index (χ0n) is 11.0. The molecule has 1 aromatic carbocycles. The van der Waals surface area contributed by atoms with Crippen molar-refractivity contribution in [1.82, 2.24) is 14.9 Å². The Balaban J connectivity index is 2.13. The van der Waals surface area contributed by atoms with Crippen LogP contribution in [0.2, 0.25) is 0 Å². The molecule has 1 aromatic heterocycles. The third-order valence-electron chi connectivity index (χ3n) is 3.63. The minimum Gasteiger partial charge on any atom is -0.311 e.